The maximum Gasteiger partial charge on any atom is 0.243 e. The molecule has 25 N–H and O–H groups in total. The standard InChI is InChI=1S/C70H131N19O15/c1-17-40(11)55(75)69(103)88-53(35-54(74)90)68(102)87-51(33-38(7)8)66(100)83-46(25-19-22-28-71)62(96)78-45(16)61(95)89-56(41(12)18-2)70(104)80-42(13)58(92)77-43(14)60(94)85-50(32-37(5)6)65(99)79-44(15)59(93)81-47(26-20-23-29-72)63(97)82-48(27-21-24-30-73)64(98)86-52(34-39(9)10)67(101)84-49(57(76)91)31-36(3)4/h36-53,55-56H,17-35,71-73,75H2,1-16H3,(H2,74,90)(H2,76,91)(H,77,92)(H,78,96)(H,79,99)(H,80,104)(H,81,93)(H,82,97)(H,83,100)(H,84,101)(H,85,94)(H,86,98)(H,87,102)(H,88,103)(H,89,95). The summed E-state index contributed by atoms with van der Waals surface area (Å²) in [6.45, 7) is 27.8. The smallest absolute Gasteiger partial charge is 0.243 e. The quantitative estimate of drug-likeness (QED) is 0.0285. The van der Waals surface area contributed by atoms with Crippen molar-refractivity contribution < 1.29 is 71.9 Å². The summed E-state index contributed by atoms with van der Waals surface area (Å²) < 4.78 is 0. The van der Waals surface area contributed by atoms with Gasteiger partial charge in [-0.15, -0.1) is 0 Å². The predicted molar refractivity (Wildman–Crippen MR) is 394 cm³/mol. The number of amides is 15. The van der Waals surface area contributed by atoms with E-state index in [4.69, 9.17) is 34.4 Å². The normalized spacial score (nSPS) is 16.0. The lowest BCUT2D eigenvalue weighted by molar-refractivity contribution is -0.136. The Hall–Kier alpha value is -8.11. The van der Waals surface area contributed by atoms with Crippen molar-refractivity contribution in [3.05, 3.63) is 0 Å². The molecule has 0 aliphatic carbocycles. The highest BCUT2D eigenvalue weighted by Crippen LogP contribution is 2.16. The van der Waals surface area contributed by atoms with Gasteiger partial charge in [-0.2, -0.15) is 0 Å². The number of carbonyl (C=O) groups is 15. The van der Waals surface area contributed by atoms with E-state index in [9.17, 15) is 71.9 Å². The predicted octanol–water partition coefficient (Wildman–Crippen LogP) is -2.28. The van der Waals surface area contributed by atoms with Gasteiger partial charge in [0, 0.05) is 0 Å². The van der Waals surface area contributed by atoms with Crippen molar-refractivity contribution in [2.24, 2.45) is 69.9 Å². The third kappa shape index (κ3) is 37.5. The number of carbonyl (C=O) groups excluding carboxylic acids is 15. The van der Waals surface area contributed by atoms with Crippen LogP contribution in [0.1, 0.15) is 214 Å². The Balaban J connectivity index is 6.37. The highest BCUT2D eigenvalue weighted by Gasteiger charge is 2.38. The number of rotatable bonds is 53. The van der Waals surface area contributed by atoms with E-state index < -0.39 is 186 Å². The average Bonchev–Trinajstić information content (AvgIpc) is 0.872. The Morgan fingerprint density at radius 2 is 0.529 bits per heavy atom. The minimum atomic E-state index is -1.48. The first-order chi connectivity index (χ1) is 48.6. The van der Waals surface area contributed by atoms with Crippen LogP contribution in [0.25, 0.3) is 0 Å². The van der Waals surface area contributed by atoms with Gasteiger partial charge in [-0.05, 0) is 166 Å². The van der Waals surface area contributed by atoms with E-state index in [1.807, 2.05) is 34.6 Å². The first-order valence-corrected chi connectivity index (χ1v) is 37.0. The molecule has 0 fully saturated rings. The summed E-state index contributed by atoms with van der Waals surface area (Å²) in [6.07, 6.45) is 3.65. The van der Waals surface area contributed by atoms with E-state index in [0.717, 1.165) is 0 Å². The minimum Gasteiger partial charge on any atom is -0.370 e. The molecule has 15 amide bonds. The third-order valence-electron chi connectivity index (χ3n) is 17.5. The molecule has 16 unspecified atom stereocenters. The molecular formula is C70H131N19O15. The Kier molecular flexibility index (Phi) is 46.4. The first kappa shape index (κ1) is 95.9. The highest BCUT2D eigenvalue weighted by atomic mass is 16.2. The van der Waals surface area contributed by atoms with Gasteiger partial charge in [0.2, 0.25) is 88.6 Å². The number of nitrogens with two attached hydrogens (primary N) is 6. The number of nitrogens with one attached hydrogen (secondary N) is 13. The fraction of sp³-hybridized carbons (Fsp3) is 0.786. The fourth-order valence-corrected chi connectivity index (χ4v) is 10.8. The second-order valence-corrected chi connectivity index (χ2v) is 29.1. The lowest BCUT2D eigenvalue weighted by atomic mass is 9.97. The Labute approximate surface area is 615 Å². The zero-order chi connectivity index (χ0) is 79.8. The summed E-state index contributed by atoms with van der Waals surface area (Å²) >= 11 is 0. The summed E-state index contributed by atoms with van der Waals surface area (Å²) in [5.41, 5.74) is 34.4. The molecule has 16 atom stereocenters. The highest BCUT2D eigenvalue weighted by molar-refractivity contribution is 6.00. The molecule has 596 valence electrons. The molecule has 0 saturated heterocycles. The van der Waals surface area contributed by atoms with Crippen molar-refractivity contribution in [2.45, 2.75) is 298 Å². The van der Waals surface area contributed by atoms with Crippen LogP contribution in [-0.2, 0) is 71.9 Å². The first-order valence-electron chi connectivity index (χ1n) is 37.0. The van der Waals surface area contributed by atoms with Crippen LogP contribution in [0.5, 0.6) is 0 Å². The maximum absolute atomic E-state index is 14.2. The molecule has 0 aliphatic rings. The minimum absolute atomic E-state index is 0.00864. The Bertz CT molecular complexity index is 2790. The van der Waals surface area contributed by atoms with E-state index >= 15 is 0 Å². The molecule has 0 bridgehead atoms. The van der Waals surface area contributed by atoms with Gasteiger partial charge < -0.3 is 104 Å². The van der Waals surface area contributed by atoms with Gasteiger partial charge in [0.05, 0.1) is 12.5 Å². The largest absolute Gasteiger partial charge is 0.370 e. The average molecular weight is 1480 g/mol. The molecule has 0 radical (unpaired) electrons. The summed E-state index contributed by atoms with van der Waals surface area (Å²) in [5, 5.41) is 34.1. The van der Waals surface area contributed by atoms with E-state index in [-0.39, 0.29) is 87.6 Å². The van der Waals surface area contributed by atoms with Crippen molar-refractivity contribution >= 4 is 88.6 Å². The van der Waals surface area contributed by atoms with Crippen LogP contribution in [0.2, 0.25) is 0 Å². The molecule has 0 aromatic carbocycles. The van der Waals surface area contributed by atoms with Crippen molar-refractivity contribution in [1.82, 2.24) is 69.1 Å². The monoisotopic (exact) mass is 1480 g/mol. The van der Waals surface area contributed by atoms with Gasteiger partial charge in [-0.3, -0.25) is 71.9 Å². The van der Waals surface area contributed by atoms with E-state index in [0.29, 0.717) is 57.9 Å². The molecule has 0 aliphatic heterocycles. The van der Waals surface area contributed by atoms with Crippen molar-refractivity contribution in [1.29, 1.82) is 0 Å². The SMILES string of the molecule is CCC(C)C(N)C(=O)NC(CC(N)=O)C(=O)NC(CC(C)C)C(=O)NC(CCCCN)C(=O)NC(C)C(=O)NC(C(=O)NC(C)C(=O)NC(C)C(=O)NC(CC(C)C)C(=O)NC(C)C(=O)NC(CCCCN)C(=O)NC(CCCCN)C(=O)NC(CC(C)C)C(=O)NC(CC(C)C)C(N)=O)C(C)CC. The van der Waals surface area contributed by atoms with Crippen LogP contribution in [0.4, 0.5) is 0 Å². The zero-order valence-corrected chi connectivity index (χ0v) is 64.6. The number of hydrogen-bond donors (Lipinski definition) is 19. The molecule has 0 rings (SSSR count). The Morgan fingerprint density at radius 3 is 0.865 bits per heavy atom. The van der Waals surface area contributed by atoms with Crippen LogP contribution in [-0.4, -0.2) is 193 Å². The van der Waals surface area contributed by atoms with E-state index in [1.54, 1.807) is 48.5 Å². The number of primary amides is 2. The van der Waals surface area contributed by atoms with Gasteiger partial charge in [-0.1, -0.05) is 95.9 Å². The second-order valence-electron chi connectivity index (χ2n) is 29.1. The molecule has 0 aromatic heterocycles. The van der Waals surface area contributed by atoms with Crippen molar-refractivity contribution in [3.8, 4) is 0 Å². The fourth-order valence-electron chi connectivity index (χ4n) is 10.8. The van der Waals surface area contributed by atoms with Crippen LogP contribution in [0, 0.1) is 35.5 Å². The van der Waals surface area contributed by atoms with Gasteiger partial charge in [0.25, 0.3) is 0 Å². The number of unbranched alkanes of at least 4 members (excludes halogenated alkanes) is 3. The molecule has 0 saturated carbocycles. The van der Waals surface area contributed by atoms with E-state index in [1.165, 1.54) is 27.7 Å². The summed E-state index contributed by atoms with van der Waals surface area (Å²) in [6, 6.07) is -17.3. The van der Waals surface area contributed by atoms with Crippen molar-refractivity contribution in [2.75, 3.05) is 19.6 Å². The van der Waals surface area contributed by atoms with Crippen LogP contribution in [0.15, 0.2) is 0 Å². The molecule has 34 nitrogen and oxygen atoms in total. The molecule has 34 heteroatoms. The topological polar surface area (TPSA) is 569 Å². The zero-order valence-electron chi connectivity index (χ0n) is 64.6. The second kappa shape index (κ2) is 50.4. The number of hydrogen-bond acceptors (Lipinski definition) is 19. The summed E-state index contributed by atoms with van der Waals surface area (Å²) in [7, 11) is 0. The van der Waals surface area contributed by atoms with E-state index in [2.05, 4.69) is 69.1 Å². The van der Waals surface area contributed by atoms with Crippen molar-refractivity contribution in [3.63, 3.8) is 0 Å². The molecule has 104 heavy (non-hydrogen) atoms. The maximum atomic E-state index is 14.2. The lowest BCUT2D eigenvalue weighted by Gasteiger charge is -2.28. The van der Waals surface area contributed by atoms with Crippen LogP contribution >= 0.6 is 0 Å². The van der Waals surface area contributed by atoms with Gasteiger partial charge in [-0.25, -0.2) is 0 Å². The van der Waals surface area contributed by atoms with Crippen LogP contribution < -0.4 is 104 Å². The Morgan fingerprint density at radius 1 is 0.279 bits per heavy atom. The lowest BCUT2D eigenvalue weighted by Crippen LogP contribution is -2.61. The van der Waals surface area contributed by atoms with Gasteiger partial charge in [0.1, 0.15) is 78.5 Å². The van der Waals surface area contributed by atoms with Crippen LogP contribution in [0.3, 0.4) is 0 Å². The van der Waals surface area contributed by atoms with Gasteiger partial charge in [0.15, 0.2) is 0 Å². The third-order valence-corrected chi connectivity index (χ3v) is 17.5. The molecule has 0 heterocycles. The molecule has 0 aromatic rings. The summed E-state index contributed by atoms with van der Waals surface area (Å²) in [5.74, 6) is -13.0. The molecular weight excluding hydrogens is 1350 g/mol. The molecule has 0 spiro atoms. The van der Waals surface area contributed by atoms with Gasteiger partial charge >= 0.3 is 0 Å². The summed E-state index contributed by atoms with van der Waals surface area (Å²) in [4.78, 5) is 204.